The smallest absolute Gasteiger partial charge is 0.262 e. The van der Waals surface area contributed by atoms with Crippen molar-refractivity contribution in [3.05, 3.63) is 78.4 Å². The Morgan fingerprint density at radius 2 is 1.50 bits per heavy atom. The summed E-state index contributed by atoms with van der Waals surface area (Å²) in [5.74, 6) is 0.962. The molecule has 8 heteroatoms. The van der Waals surface area contributed by atoms with Crippen LogP contribution < -0.4 is 20.1 Å². The van der Waals surface area contributed by atoms with Crippen LogP contribution in [-0.2, 0) is 10.0 Å². The minimum Gasteiger partial charge on any atom is -0.495 e. The molecule has 3 aromatic rings. The molecule has 6 nitrogen and oxygen atoms in total. The van der Waals surface area contributed by atoms with E-state index in [1.807, 2.05) is 12.1 Å². The molecule has 0 heterocycles. The molecule has 0 aliphatic heterocycles. The van der Waals surface area contributed by atoms with Crippen LogP contribution in [0.4, 0.5) is 17.1 Å². The number of sulfonamides is 1. The Bertz CT molecular complexity index is 1160. The highest BCUT2D eigenvalue weighted by Crippen LogP contribution is 2.26. The first-order valence-electron chi connectivity index (χ1n) is 10.3. The van der Waals surface area contributed by atoms with Crippen molar-refractivity contribution < 1.29 is 13.2 Å². The number of anilines is 3. The fraction of sp³-hybridized carbons (Fsp3) is 0.208. The summed E-state index contributed by atoms with van der Waals surface area (Å²) in [6.45, 7) is 4.37. The van der Waals surface area contributed by atoms with Gasteiger partial charge in [0.05, 0.1) is 17.7 Å². The molecule has 3 aromatic carbocycles. The number of benzene rings is 3. The summed E-state index contributed by atoms with van der Waals surface area (Å²) in [5.41, 5.74) is 3.22. The van der Waals surface area contributed by atoms with Crippen molar-refractivity contribution in [2.75, 3.05) is 22.5 Å². The van der Waals surface area contributed by atoms with Gasteiger partial charge in [-0.15, -0.1) is 0 Å². The van der Waals surface area contributed by atoms with Crippen LogP contribution in [0.2, 0.25) is 0 Å². The number of hydrogen-bond acceptors (Lipinski definition) is 4. The first-order chi connectivity index (χ1) is 15.3. The van der Waals surface area contributed by atoms with E-state index in [1.165, 1.54) is 24.8 Å². The Kier molecular flexibility index (Phi) is 7.71. The fourth-order valence-electron chi connectivity index (χ4n) is 3.07. The van der Waals surface area contributed by atoms with Crippen LogP contribution in [0.1, 0.15) is 31.7 Å². The summed E-state index contributed by atoms with van der Waals surface area (Å²) in [7, 11) is -2.27. The first-order valence-corrected chi connectivity index (χ1v) is 12.2. The predicted molar refractivity (Wildman–Crippen MR) is 135 cm³/mol. The summed E-state index contributed by atoms with van der Waals surface area (Å²) < 4.78 is 33.2. The molecule has 0 amide bonds. The number of ether oxygens (including phenoxy) is 1. The number of thiocarbonyl (C=S) groups is 1. The van der Waals surface area contributed by atoms with Crippen LogP contribution >= 0.6 is 12.2 Å². The molecule has 0 aliphatic carbocycles. The van der Waals surface area contributed by atoms with Crippen molar-refractivity contribution in [3.63, 3.8) is 0 Å². The van der Waals surface area contributed by atoms with Crippen LogP contribution in [0.15, 0.2) is 77.7 Å². The number of hydrogen-bond donors (Lipinski definition) is 3. The number of methoxy groups -OCH3 is 1. The molecule has 3 N–H and O–H groups in total. The van der Waals surface area contributed by atoms with E-state index in [0.717, 1.165) is 12.1 Å². The van der Waals surface area contributed by atoms with Gasteiger partial charge in [-0.2, -0.15) is 0 Å². The second kappa shape index (κ2) is 10.5. The van der Waals surface area contributed by atoms with Gasteiger partial charge in [-0.05, 0) is 78.7 Å². The van der Waals surface area contributed by atoms with Gasteiger partial charge in [0.1, 0.15) is 5.75 Å². The normalized spacial score (nSPS) is 12.0. The monoisotopic (exact) mass is 469 g/mol. The van der Waals surface area contributed by atoms with Crippen LogP contribution in [0, 0.1) is 0 Å². The number of rotatable bonds is 8. The third kappa shape index (κ3) is 5.99. The zero-order valence-corrected chi connectivity index (χ0v) is 19.9. The van der Waals surface area contributed by atoms with Crippen molar-refractivity contribution in [3.8, 4) is 5.75 Å². The maximum atomic E-state index is 12.7. The lowest BCUT2D eigenvalue weighted by atomic mass is 9.99. The van der Waals surface area contributed by atoms with Crippen molar-refractivity contribution in [1.29, 1.82) is 0 Å². The van der Waals surface area contributed by atoms with E-state index >= 15 is 0 Å². The van der Waals surface area contributed by atoms with Crippen molar-refractivity contribution in [2.45, 2.75) is 31.1 Å². The van der Waals surface area contributed by atoms with Gasteiger partial charge >= 0.3 is 0 Å². The highest BCUT2D eigenvalue weighted by molar-refractivity contribution is 7.92. The van der Waals surface area contributed by atoms with Gasteiger partial charge in [-0.3, -0.25) is 4.72 Å². The van der Waals surface area contributed by atoms with Gasteiger partial charge in [-0.1, -0.05) is 38.1 Å². The molecule has 0 saturated heterocycles. The molecule has 1 atom stereocenters. The molecular weight excluding hydrogens is 442 g/mol. The first kappa shape index (κ1) is 23.6. The molecule has 0 saturated carbocycles. The summed E-state index contributed by atoms with van der Waals surface area (Å²) in [6, 6.07) is 21.4. The van der Waals surface area contributed by atoms with Crippen LogP contribution in [0.3, 0.4) is 0 Å². The molecule has 3 rings (SSSR count). The third-order valence-electron chi connectivity index (χ3n) is 5.12. The zero-order valence-electron chi connectivity index (χ0n) is 18.3. The largest absolute Gasteiger partial charge is 0.495 e. The highest BCUT2D eigenvalue weighted by atomic mass is 32.2. The lowest BCUT2D eigenvalue weighted by Crippen LogP contribution is -2.19. The second-order valence-electron chi connectivity index (χ2n) is 7.34. The van der Waals surface area contributed by atoms with Gasteiger partial charge in [0.15, 0.2) is 5.11 Å². The van der Waals surface area contributed by atoms with E-state index in [4.69, 9.17) is 17.0 Å². The topological polar surface area (TPSA) is 79.5 Å². The van der Waals surface area contributed by atoms with E-state index in [2.05, 4.69) is 41.3 Å². The second-order valence-corrected chi connectivity index (χ2v) is 9.43. The summed E-state index contributed by atoms with van der Waals surface area (Å²) in [6.07, 6.45) is 1.09. The van der Waals surface area contributed by atoms with Crippen LogP contribution in [-0.4, -0.2) is 20.6 Å². The van der Waals surface area contributed by atoms with Gasteiger partial charge in [-0.25, -0.2) is 8.42 Å². The van der Waals surface area contributed by atoms with E-state index in [0.29, 0.717) is 28.2 Å². The molecule has 1 unspecified atom stereocenters. The molecule has 0 spiro atoms. The van der Waals surface area contributed by atoms with Crippen LogP contribution in [0.25, 0.3) is 0 Å². The minimum absolute atomic E-state index is 0.133. The third-order valence-corrected chi connectivity index (χ3v) is 6.71. The lowest BCUT2D eigenvalue weighted by Gasteiger charge is -2.14. The lowest BCUT2D eigenvalue weighted by molar-refractivity contribution is 0.417. The van der Waals surface area contributed by atoms with Gasteiger partial charge in [0, 0.05) is 11.4 Å². The van der Waals surface area contributed by atoms with E-state index < -0.39 is 10.0 Å². The fourth-order valence-corrected chi connectivity index (χ4v) is 4.38. The van der Waals surface area contributed by atoms with Crippen LogP contribution in [0.5, 0.6) is 5.75 Å². The summed E-state index contributed by atoms with van der Waals surface area (Å²) in [5, 5.41) is 6.63. The Labute approximate surface area is 195 Å². The molecule has 168 valence electrons. The average molecular weight is 470 g/mol. The number of para-hydroxylation sites is 2. The summed E-state index contributed by atoms with van der Waals surface area (Å²) in [4.78, 5) is 0.133. The average Bonchev–Trinajstić information content (AvgIpc) is 2.79. The molecule has 32 heavy (non-hydrogen) atoms. The Morgan fingerprint density at radius 3 is 2.06 bits per heavy atom. The van der Waals surface area contributed by atoms with Gasteiger partial charge < -0.3 is 15.4 Å². The van der Waals surface area contributed by atoms with E-state index in [-0.39, 0.29) is 4.90 Å². The SMILES string of the molecule is CCC(C)c1ccc(NC(=S)Nc2ccc(S(=O)(=O)Nc3ccccc3OC)cc2)cc1. The maximum Gasteiger partial charge on any atom is 0.262 e. The van der Waals surface area contributed by atoms with E-state index in [1.54, 1.807) is 36.4 Å². The highest BCUT2D eigenvalue weighted by Gasteiger charge is 2.16. The number of nitrogens with one attached hydrogen (secondary N) is 3. The molecular formula is C24H27N3O3S2. The molecule has 0 aliphatic rings. The van der Waals surface area contributed by atoms with Crippen molar-refractivity contribution >= 4 is 44.4 Å². The van der Waals surface area contributed by atoms with Crippen molar-refractivity contribution in [2.24, 2.45) is 0 Å². The summed E-state index contributed by atoms with van der Waals surface area (Å²) >= 11 is 5.38. The van der Waals surface area contributed by atoms with Crippen molar-refractivity contribution in [1.82, 2.24) is 0 Å². The zero-order chi connectivity index (χ0) is 23.1. The minimum atomic E-state index is -3.76. The maximum absolute atomic E-state index is 12.7. The molecule has 0 bridgehead atoms. The molecule has 0 radical (unpaired) electrons. The Hall–Kier alpha value is -3.10. The molecule has 0 aromatic heterocycles. The van der Waals surface area contributed by atoms with Gasteiger partial charge in [0.25, 0.3) is 10.0 Å². The Balaban J connectivity index is 1.63. The quantitative estimate of drug-likeness (QED) is 0.361. The van der Waals surface area contributed by atoms with Gasteiger partial charge in [0.2, 0.25) is 0 Å². The molecule has 0 fully saturated rings. The van der Waals surface area contributed by atoms with E-state index in [9.17, 15) is 8.42 Å². The standard InChI is InChI=1S/C24H27N3O3S2/c1-4-17(2)18-9-11-19(12-10-18)25-24(31)26-20-13-15-21(16-14-20)32(28,29)27-22-7-5-6-8-23(22)30-3/h5-17,27H,4H2,1-3H3,(H2,25,26,31). The predicted octanol–water partition coefficient (Wildman–Crippen LogP) is 5.82. The Morgan fingerprint density at radius 1 is 0.938 bits per heavy atom.